The third-order valence-electron chi connectivity index (χ3n) is 8.31. The molecule has 1 fully saturated rings. The summed E-state index contributed by atoms with van der Waals surface area (Å²) >= 11 is 0. The molecule has 4 atom stereocenters. The molecule has 41 heavy (non-hydrogen) atoms. The summed E-state index contributed by atoms with van der Waals surface area (Å²) in [6, 6.07) is 0.568. The van der Waals surface area contributed by atoms with Crippen LogP contribution in [0, 0.1) is 11.3 Å². The van der Waals surface area contributed by atoms with Crippen LogP contribution in [0.5, 0.6) is 5.75 Å². The van der Waals surface area contributed by atoms with Gasteiger partial charge in [-0.2, -0.15) is 13.2 Å². The van der Waals surface area contributed by atoms with Gasteiger partial charge in [0.1, 0.15) is 22.8 Å². The van der Waals surface area contributed by atoms with Crippen molar-refractivity contribution in [2.24, 2.45) is 17.1 Å². The number of Topliss-reactive ketones (excluding diaryl/α,β-unsaturated/α-hetero) is 2. The average Bonchev–Trinajstić information content (AvgIpc) is 2.84. The van der Waals surface area contributed by atoms with E-state index in [-0.39, 0.29) is 36.1 Å². The summed E-state index contributed by atoms with van der Waals surface area (Å²) in [5, 5.41) is 47.8. The Morgan fingerprint density at radius 2 is 1.93 bits per heavy atom. The van der Waals surface area contributed by atoms with Crippen LogP contribution in [0.4, 0.5) is 18.9 Å². The number of aromatic hydroxyl groups is 1. The Morgan fingerprint density at radius 1 is 1.29 bits per heavy atom. The first-order valence-electron chi connectivity index (χ1n) is 12.9. The Balaban J connectivity index is 1.91. The fraction of sp³-hybridized carbons (Fsp3) is 0.464. The monoisotopic (exact) mass is 579 g/mol. The van der Waals surface area contributed by atoms with Crippen molar-refractivity contribution in [1.82, 2.24) is 5.32 Å². The molecule has 1 aromatic rings. The first-order chi connectivity index (χ1) is 18.9. The third-order valence-corrected chi connectivity index (χ3v) is 8.31. The van der Waals surface area contributed by atoms with Crippen LogP contribution in [0.25, 0.3) is 5.76 Å². The van der Waals surface area contributed by atoms with Gasteiger partial charge in [0.2, 0.25) is 5.78 Å². The number of nitrogens with two attached hydrogens (primary N) is 1. The summed E-state index contributed by atoms with van der Waals surface area (Å²) in [6.07, 6.45) is -4.74. The highest BCUT2D eigenvalue weighted by Crippen LogP contribution is 2.59. The van der Waals surface area contributed by atoms with Gasteiger partial charge in [0.05, 0.1) is 17.6 Å². The number of carbonyl (C=O) groups is 3. The zero-order chi connectivity index (χ0) is 30.8. The molecule has 3 aliphatic carbocycles. The van der Waals surface area contributed by atoms with E-state index in [1.54, 1.807) is 25.1 Å². The maximum atomic E-state index is 14.0. The van der Waals surface area contributed by atoms with E-state index in [9.17, 15) is 48.0 Å². The van der Waals surface area contributed by atoms with Crippen LogP contribution in [0.15, 0.2) is 35.6 Å². The van der Waals surface area contributed by atoms with Crippen molar-refractivity contribution in [3.05, 3.63) is 52.3 Å². The second kappa shape index (κ2) is 9.91. The van der Waals surface area contributed by atoms with Gasteiger partial charge in [0, 0.05) is 55.7 Å². The quantitative estimate of drug-likeness (QED) is 0.210. The Morgan fingerprint density at radius 3 is 2.46 bits per heavy atom. The van der Waals surface area contributed by atoms with Crippen molar-refractivity contribution in [1.29, 1.82) is 0 Å². The number of hydrogen-bond acceptors (Lipinski definition) is 9. The number of primary amides is 1. The molecule has 7 N–H and O–H groups in total. The number of phenolic OH excluding ortho intramolecular Hbond substituents is 1. The normalized spacial score (nSPS) is 26.8. The molecule has 1 saturated carbocycles. The zero-order valence-electron chi connectivity index (χ0n) is 22.7. The van der Waals surface area contributed by atoms with E-state index in [0.29, 0.717) is 11.3 Å². The fourth-order valence-corrected chi connectivity index (χ4v) is 6.34. The summed E-state index contributed by atoms with van der Waals surface area (Å²) in [4.78, 5) is 40.2. The molecule has 0 aromatic heterocycles. The number of aliphatic hydroxyl groups is 3. The predicted octanol–water partition coefficient (Wildman–Crippen LogP) is 2.48. The van der Waals surface area contributed by atoms with Crippen LogP contribution >= 0.6 is 0 Å². The molecule has 0 spiro atoms. The average molecular weight is 580 g/mol. The summed E-state index contributed by atoms with van der Waals surface area (Å²) in [5.74, 6) is -6.95. The minimum absolute atomic E-state index is 0.00977. The molecule has 0 aliphatic heterocycles. The van der Waals surface area contributed by atoms with E-state index in [0.717, 1.165) is 0 Å². The van der Waals surface area contributed by atoms with Crippen molar-refractivity contribution in [3.63, 3.8) is 0 Å². The molecule has 1 aromatic carbocycles. The number of aliphatic hydroxyl groups excluding tert-OH is 2. The number of alkyl halides is 3. The molecule has 13 heteroatoms. The number of phenols is 1. The topological polar surface area (TPSA) is 173 Å². The molecule has 222 valence electrons. The van der Waals surface area contributed by atoms with Gasteiger partial charge in [0.15, 0.2) is 11.4 Å². The Labute approximate surface area is 233 Å². The van der Waals surface area contributed by atoms with Gasteiger partial charge in [-0.25, -0.2) is 0 Å². The van der Waals surface area contributed by atoms with E-state index < -0.39 is 82.3 Å². The standard InChI is InChI=1S/C28H32F3N3O7/c1-5-26-9-14-7-17(35)19(25(32)40)23(38)28(14,41)24(39)20(26)22(37)18-15(10-26)16(34(3)4)6-13(21(18)36)11-33-12(2)8-27(29,30)31/h5-6,12,14,33,36-38,41H,1,7-11H2,2-4H3,(H2,32,40)/t12?,14-,26-,28-/m1/s1. The maximum absolute atomic E-state index is 14.0. The lowest BCUT2D eigenvalue weighted by Crippen LogP contribution is -2.60. The van der Waals surface area contributed by atoms with Crippen molar-refractivity contribution in [3.8, 4) is 5.75 Å². The summed E-state index contributed by atoms with van der Waals surface area (Å²) < 4.78 is 38.5. The maximum Gasteiger partial charge on any atom is 0.390 e. The lowest BCUT2D eigenvalue weighted by Gasteiger charge is -2.51. The second-order valence-electron chi connectivity index (χ2n) is 11.2. The minimum Gasteiger partial charge on any atom is -0.508 e. The summed E-state index contributed by atoms with van der Waals surface area (Å²) in [7, 11) is 3.37. The number of allylic oxidation sites excluding steroid dienone is 1. The van der Waals surface area contributed by atoms with Gasteiger partial charge < -0.3 is 36.4 Å². The second-order valence-corrected chi connectivity index (χ2v) is 11.2. The molecule has 4 rings (SSSR count). The highest BCUT2D eigenvalue weighted by molar-refractivity contribution is 6.23. The number of rotatable bonds is 7. The largest absolute Gasteiger partial charge is 0.508 e. The molecule has 0 saturated heterocycles. The highest BCUT2D eigenvalue weighted by Gasteiger charge is 2.64. The fourth-order valence-electron chi connectivity index (χ4n) is 6.34. The highest BCUT2D eigenvalue weighted by atomic mass is 19.4. The van der Waals surface area contributed by atoms with E-state index in [4.69, 9.17) is 5.73 Å². The van der Waals surface area contributed by atoms with Crippen LogP contribution in [-0.4, -0.2) is 69.8 Å². The van der Waals surface area contributed by atoms with Crippen LogP contribution in [0.1, 0.15) is 42.9 Å². The number of amides is 1. The van der Waals surface area contributed by atoms with Crippen LogP contribution in [0.3, 0.4) is 0 Å². The van der Waals surface area contributed by atoms with E-state index >= 15 is 0 Å². The van der Waals surface area contributed by atoms with Crippen molar-refractivity contribution < 1.29 is 48.0 Å². The van der Waals surface area contributed by atoms with Crippen LogP contribution in [0.2, 0.25) is 0 Å². The van der Waals surface area contributed by atoms with Gasteiger partial charge in [-0.1, -0.05) is 6.08 Å². The number of benzene rings is 1. The molecule has 0 heterocycles. The summed E-state index contributed by atoms with van der Waals surface area (Å²) in [6.45, 7) is 4.97. The Bertz CT molecular complexity index is 1430. The Kier molecular flexibility index (Phi) is 7.28. The molecule has 1 unspecified atom stereocenters. The molecular weight excluding hydrogens is 547 g/mol. The van der Waals surface area contributed by atoms with Gasteiger partial charge in [-0.3, -0.25) is 14.4 Å². The number of ketones is 2. The number of fused-ring (bicyclic) bond motifs is 3. The number of hydrogen-bond donors (Lipinski definition) is 6. The number of halogens is 3. The van der Waals surface area contributed by atoms with Crippen molar-refractivity contribution in [2.75, 3.05) is 19.0 Å². The van der Waals surface area contributed by atoms with E-state index in [1.165, 1.54) is 13.0 Å². The first kappa shape index (κ1) is 30.1. The smallest absolute Gasteiger partial charge is 0.390 e. The SMILES string of the molecule is C=C[C@@]12Cc3c(N(C)C)cc(CNC(C)CC(F)(F)F)c(O)c3C(O)=C1C(=O)[C@]1(O)C(O)=C(C(N)=O)C(=O)C[C@@H]1C2. The van der Waals surface area contributed by atoms with Gasteiger partial charge in [0.25, 0.3) is 5.91 Å². The van der Waals surface area contributed by atoms with Crippen molar-refractivity contribution >= 4 is 28.9 Å². The van der Waals surface area contributed by atoms with Gasteiger partial charge in [-0.15, -0.1) is 6.58 Å². The minimum atomic E-state index is -4.41. The summed E-state index contributed by atoms with van der Waals surface area (Å²) in [5.41, 5.74) is 0.721. The lowest BCUT2D eigenvalue weighted by molar-refractivity contribution is -0.149. The van der Waals surface area contributed by atoms with Gasteiger partial charge in [-0.05, 0) is 31.4 Å². The number of carbonyl (C=O) groups excluding carboxylic acids is 3. The predicted molar refractivity (Wildman–Crippen MR) is 142 cm³/mol. The number of anilines is 1. The Hall–Kier alpha value is -3.84. The van der Waals surface area contributed by atoms with E-state index in [1.807, 2.05) is 0 Å². The number of nitrogens with one attached hydrogen (secondary N) is 1. The molecule has 1 amide bonds. The third kappa shape index (κ3) is 4.66. The molecule has 10 nitrogen and oxygen atoms in total. The first-order valence-corrected chi connectivity index (χ1v) is 12.9. The molecule has 3 aliphatic rings. The van der Waals surface area contributed by atoms with Crippen LogP contribution < -0.4 is 16.0 Å². The molecular formula is C28H32F3N3O7. The molecule has 0 radical (unpaired) electrons. The van der Waals surface area contributed by atoms with Crippen LogP contribution in [-0.2, 0) is 27.3 Å². The van der Waals surface area contributed by atoms with Gasteiger partial charge >= 0.3 is 6.18 Å². The molecule has 0 bridgehead atoms. The van der Waals surface area contributed by atoms with Crippen molar-refractivity contribution in [2.45, 2.75) is 57.0 Å². The zero-order valence-corrected chi connectivity index (χ0v) is 22.7. The van der Waals surface area contributed by atoms with E-state index in [2.05, 4.69) is 11.9 Å². The lowest BCUT2D eigenvalue weighted by atomic mass is 9.52. The number of nitrogens with zero attached hydrogens (tertiary/aromatic N) is 1.